The number of anilines is 1. The molecule has 0 fully saturated rings. The molecule has 0 saturated carbocycles. The Morgan fingerprint density at radius 3 is 2.71 bits per heavy atom. The summed E-state index contributed by atoms with van der Waals surface area (Å²) in [5.74, 6) is 0.712. The summed E-state index contributed by atoms with van der Waals surface area (Å²) in [6, 6.07) is 10.4. The van der Waals surface area contributed by atoms with Crippen molar-refractivity contribution < 1.29 is 0 Å². The van der Waals surface area contributed by atoms with Gasteiger partial charge in [0.2, 0.25) is 0 Å². The van der Waals surface area contributed by atoms with Crippen LogP contribution in [0, 0.1) is 0 Å². The number of benzene rings is 1. The van der Waals surface area contributed by atoms with Crippen LogP contribution in [-0.4, -0.2) is 21.8 Å². The smallest absolute Gasteiger partial charge is 0.273 e. The summed E-state index contributed by atoms with van der Waals surface area (Å²) in [5, 5.41) is 6.38. The normalized spacial score (nSPS) is 10.7. The molecule has 0 unspecified atom stereocenters. The van der Waals surface area contributed by atoms with E-state index < -0.39 is 0 Å². The Balaban J connectivity index is 2.11. The SMILES string of the molecule is CNc1cc(Cn2[nH]c(=O)c3ccccc3c2=O)ccn1. The molecule has 0 spiro atoms. The molecule has 0 aliphatic carbocycles. The molecule has 3 rings (SSSR count). The zero-order valence-electron chi connectivity index (χ0n) is 11.5. The molecule has 0 atom stereocenters. The molecule has 0 amide bonds. The average Bonchev–Trinajstić information content (AvgIpc) is 2.52. The molecule has 3 aromatic rings. The van der Waals surface area contributed by atoms with Crippen LogP contribution in [0.5, 0.6) is 0 Å². The van der Waals surface area contributed by atoms with E-state index in [-0.39, 0.29) is 17.7 Å². The van der Waals surface area contributed by atoms with Crippen molar-refractivity contribution in [1.82, 2.24) is 14.8 Å². The first kappa shape index (κ1) is 13.1. The van der Waals surface area contributed by atoms with Crippen LogP contribution in [0.4, 0.5) is 5.82 Å². The number of nitrogens with zero attached hydrogens (tertiary/aromatic N) is 2. The highest BCUT2D eigenvalue weighted by atomic mass is 16.2. The number of fused-ring (bicyclic) bond motifs is 1. The minimum absolute atomic E-state index is 0.215. The zero-order valence-corrected chi connectivity index (χ0v) is 11.5. The summed E-state index contributed by atoms with van der Waals surface area (Å²) in [7, 11) is 1.77. The Kier molecular flexibility index (Phi) is 3.27. The first-order valence-electron chi connectivity index (χ1n) is 6.53. The molecule has 2 N–H and O–H groups in total. The van der Waals surface area contributed by atoms with Crippen molar-refractivity contribution >= 4 is 16.6 Å². The molecule has 106 valence electrons. The van der Waals surface area contributed by atoms with Crippen LogP contribution in [0.3, 0.4) is 0 Å². The van der Waals surface area contributed by atoms with E-state index in [9.17, 15) is 9.59 Å². The average molecular weight is 282 g/mol. The van der Waals surface area contributed by atoms with Crippen LogP contribution in [0.15, 0.2) is 52.2 Å². The summed E-state index contributed by atoms with van der Waals surface area (Å²) in [5.41, 5.74) is 0.392. The number of aromatic nitrogens is 3. The molecule has 0 aliphatic rings. The van der Waals surface area contributed by atoms with Gasteiger partial charge in [-0.05, 0) is 29.8 Å². The highest BCUT2D eigenvalue weighted by molar-refractivity contribution is 5.80. The second-order valence-corrected chi connectivity index (χ2v) is 4.68. The van der Waals surface area contributed by atoms with Gasteiger partial charge in [0.05, 0.1) is 17.3 Å². The molecule has 2 aromatic heterocycles. The van der Waals surface area contributed by atoms with Crippen LogP contribution >= 0.6 is 0 Å². The Morgan fingerprint density at radius 2 is 1.95 bits per heavy atom. The lowest BCUT2D eigenvalue weighted by atomic mass is 10.2. The van der Waals surface area contributed by atoms with E-state index in [0.717, 1.165) is 5.56 Å². The van der Waals surface area contributed by atoms with Crippen LogP contribution in [0.2, 0.25) is 0 Å². The molecule has 0 bridgehead atoms. The van der Waals surface area contributed by atoms with Crippen LogP contribution < -0.4 is 16.4 Å². The maximum Gasteiger partial charge on any atom is 0.273 e. The Morgan fingerprint density at radius 1 is 1.19 bits per heavy atom. The summed E-state index contributed by atoms with van der Waals surface area (Å²) in [6.07, 6.45) is 1.66. The maximum absolute atomic E-state index is 12.4. The molecule has 21 heavy (non-hydrogen) atoms. The van der Waals surface area contributed by atoms with Crippen molar-refractivity contribution in [3.63, 3.8) is 0 Å². The van der Waals surface area contributed by atoms with Crippen LogP contribution in [0.1, 0.15) is 5.56 Å². The number of nitrogens with one attached hydrogen (secondary N) is 2. The van der Waals surface area contributed by atoms with E-state index in [0.29, 0.717) is 16.6 Å². The minimum Gasteiger partial charge on any atom is -0.373 e. The molecule has 2 heterocycles. The highest BCUT2D eigenvalue weighted by Gasteiger charge is 2.07. The van der Waals surface area contributed by atoms with Crippen molar-refractivity contribution in [2.75, 3.05) is 12.4 Å². The Bertz CT molecular complexity index is 911. The standard InChI is InChI=1S/C15H14N4O2/c1-16-13-8-10(6-7-17-13)9-19-15(21)12-5-3-2-4-11(12)14(20)18-19/h2-8H,9H2,1H3,(H,16,17)(H,18,20). The molecule has 1 aromatic carbocycles. The lowest BCUT2D eigenvalue weighted by Gasteiger charge is -2.08. The summed E-state index contributed by atoms with van der Waals surface area (Å²) in [6.45, 7) is 0.288. The second-order valence-electron chi connectivity index (χ2n) is 4.68. The van der Waals surface area contributed by atoms with E-state index >= 15 is 0 Å². The fourth-order valence-corrected chi connectivity index (χ4v) is 2.25. The third kappa shape index (κ3) is 2.43. The topological polar surface area (TPSA) is 79.8 Å². The quantitative estimate of drug-likeness (QED) is 0.756. The van der Waals surface area contributed by atoms with Crippen molar-refractivity contribution in [2.45, 2.75) is 6.54 Å². The predicted molar refractivity (Wildman–Crippen MR) is 81.7 cm³/mol. The highest BCUT2D eigenvalue weighted by Crippen LogP contribution is 2.07. The lowest BCUT2D eigenvalue weighted by molar-refractivity contribution is 0.636. The number of rotatable bonds is 3. The minimum atomic E-state index is -0.270. The number of hydrogen-bond donors (Lipinski definition) is 2. The second kappa shape index (κ2) is 5.24. The Hall–Kier alpha value is -2.89. The molecular formula is C15H14N4O2. The van der Waals surface area contributed by atoms with E-state index in [4.69, 9.17) is 0 Å². The number of hydrogen-bond acceptors (Lipinski definition) is 4. The van der Waals surface area contributed by atoms with Gasteiger partial charge < -0.3 is 5.32 Å². The number of pyridine rings is 1. The number of H-pyrrole nitrogens is 1. The van der Waals surface area contributed by atoms with Gasteiger partial charge in [0.1, 0.15) is 5.82 Å². The van der Waals surface area contributed by atoms with Crippen LogP contribution in [0.25, 0.3) is 10.8 Å². The molecular weight excluding hydrogens is 268 g/mol. The van der Waals surface area contributed by atoms with Crippen molar-refractivity contribution in [3.8, 4) is 0 Å². The maximum atomic E-state index is 12.4. The molecule has 6 heteroatoms. The monoisotopic (exact) mass is 282 g/mol. The molecule has 0 aliphatic heterocycles. The van der Waals surface area contributed by atoms with Gasteiger partial charge in [-0.2, -0.15) is 0 Å². The van der Waals surface area contributed by atoms with Gasteiger partial charge in [-0.1, -0.05) is 12.1 Å². The first-order chi connectivity index (χ1) is 10.2. The third-order valence-electron chi connectivity index (χ3n) is 3.30. The van der Waals surface area contributed by atoms with Gasteiger partial charge in [0, 0.05) is 13.2 Å². The van der Waals surface area contributed by atoms with E-state index in [1.54, 1.807) is 43.6 Å². The largest absolute Gasteiger partial charge is 0.373 e. The first-order valence-corrected chi connectivity index (χ1v) is 6.53. The van der Waals surface area contributed by atoms with Gasteiger partial charge >= 0.3 is 0 Å². The van der Waals surface area contributed by atoms with Crippen molar-refractivity contribution in [2.24, 2.45) is 0 Å². The summed E-state index contributed by atoms with van der Waals surface area (Å²) >= 11 is 0. The fraction of sp³-hybridized carbons (Fsp3) is 0.133. The fourth-order valence-electron chi connectivity index (χ4n) is 2.25. The van der Waals surface area contributed by atoms with Gasteiger partial charge in [-0.3, -0.25) is 14.7 Å². The van der Waals surface area contributed by atoms with E-state index in [2.05, 4.69) is 15.4 Å². The van der Waals surface area contributed by atoms with E-state index in [1.807, 2.05) is 6.07 Å². The lowest BCUT2D eigenvalue weighted by Crippen LogP contribution is -2.30. The van der Waals surface area contributed by atoms with Crippen molar-refractivity contribution in [1.29, 1.82) is 0 Å². The van der Waals surface area contributed by atoms with Crippen molar-refractivity contribution in [3.05, 3.63) is 68.9 Å². The van der Waals surface area contributed by atoms with Crippen LogP contribution in [-0.2, 0) is 6.54 Å². The Labute approximate surface area is 120 Å². The number of aromatic amines is 1. The van der Waals surface area contributed by atoms with Gasteiger partial charge in [-0.25, -0.2) is 9.67 Å². The summed E-state index contributed by atoms with van der Waals surface area (Å²) in [4.78, 5) is 28.5. The zero-order chi connectivity index (χ0) is 14.8. The van der Waals surface area contributed by atoms with Gasteiger partial charge in [0.25, 0.3) is 11.1 Å². The molecule has 6 nitrogen and oxygen atoms in total. The molecule has 0 saturated heterocycles. The van der Waals surface area contributed by atoms with Gasteiger partial charge in [0.15, 0.2) is 0 Å². The molecule has 0 radical (unpaired) electrons. The summed E-state index contributed by atoms with van der Waals surface area (Å²) < 4.78 is 1.32. The predicted octanol–water partition coefficient (Wildman–Crippen LogP) is 1.17. The third-order valence-corrected chi connectivity index (χ3v) is 3.30. The van der Waals surface area contributed by atoms with E-state index in [1.165, 1.54) is 4.68 Å². The van der Waals surface area contributed by atoms with Gasteiger partial charge in [-0.15, -0.1) is 0 Å².